The molecule has 2 bridgehead atoms. The topological polar surface area (TPSA) is 52.5 Å². The lowest BCUT2D eigenvalue weighted by Crippen LogP contribution is -2.49. The maximum Gasteiger partial charge on any atom is 0.123 e. The minimum absolute atomic E-state index is 0.110. The molecule has 20 heavy (non-hydrogen) atoms. The number of rotatable bonds is 3. The molecule has 2 fully saturated rings. The first-order valence-electron chi connectivity index (χ1n) is 7.57. The van der Waals surface area contributed by atoms with Gasteiger partial charge >= 0.3 is 0 Å². The number of phenols is 2. The van der Waals surface area contributed by atoms with E-state index in [9.17, 15) is 10.2 Å². The van der Waals surface area contributed by atoms with E-state index in [4.69, 9.17) is 0 Å². The highest BCUT2D eigenvalue weighted by Crippen LogP contribution is 2.62. The lowest BCUT2D eigenvalue weighted by Gasteiger charge is -2.43. The fourth-order valence-corrected chi connectivity index (χ4v) is 4.73. The van der Waals surface area contributed by atoms with E-state index in [0.29, 0.717) is 23.4 Å². The van der Waals surface area contributed by atoms with Crippen LogP contribution in [0.1, 0.15) is 45.6 Å². The first kappa shape index (κ1) is 13.7. The Morgan fingerprint density at radius 3 is 2.60 bits per heavy atom. The van der Waals surface area contributed by atoms with Crippen molar-refractivity contribution in [2.75, 3.05) is 0 Å². The zero-order chi connectivity index (χ0) is 14.5. The summed E-state index contributed by atoms with van der Waals surface area (Å²) in [5, 5.41) is 22.9. The fourth-order valence-electron chi connectivity index (χ4n) is 4.73. The molecule has 0 aliphatic heterocycles. The zero-order valence-corrected chi connectivity index (χ0v) is 12.6. The van der Waals surface area contributed by atoms with Crippen molar-refractivity contribution >= 4 is 0 Å². The first-order valence-corrected chi connectivity index (χ1v) is 7.57. The Hall–Kier alpha value is -1.22. The molecule has 1 aromatic carbocycles. The summed E-state index contributed by atoms with van der Waals surface area (Å²) < 4.78 is 0. The highest BCUT2D eigenvalue weighted by Gasteiger charge is 2.58. The maximum atomic E-state index is 9.89. The Bertz CT molecular complexity index is 521. The SMILES string of the molecule is CC12CCC(C1)C(C)(C)C2NCc1ccc(O)cc1O. The van der Waals surface area contributed by atoms with Gasteiger partial charge in [0.05, 0.1) is 0 Å². The third-order valence-electron chi connectivity index (χ3n) is 5.84. The predicted octanol–water partition coefficient (Wildman–Crippen LogP) is 3.40. The molecule has 2 aliphatic rings. The summed E-state index contributed by atoms with van der Waals surface area (Å²) in [6.45, 7) is 7.80. The highest BCUT2D eigenvalue weighted by molar-refractivity contribution is 5.38. The van der Waals surface area contributed by atoms with E-state index in [0.717, 1.165) is 11.5 Å². The van der Waals surface area contributed by atoms with E-state index in [1.54, 1.807) is 12.1 Å². The Morgan fingerprint density at radius 2 is 2.00 bits per heavy atom. The second-order valence-electron chi connectivity index (χ2n) is 7.54. The molecule has 0 aromatic heterocycles. The van der Waals surface area contributed by atoms with Crippen molar-refractivity contribution in [1.82, 2.24) is 5.32 Å². The van der Waals surface area contributed by atoms with E-state index in [1.165, 1.54) is 25.3 Å². The molecule has 0 heterocycles. The third kappa shape index (κ3) is 1.99. The molecule has 3 atom stereocenters. The van der Waals surface area contributed by atoms with E-state index in [1.807, 2.05) is 0 Å². The van der Waals surface area contributed by atoms with Crippen LogP contribution in [0.4, 0.5) is 0 Å². The minimum Gasteiger partial charge on any atom is -0.508 e. The van der Waals surface area contributed by atoms with Crippen LogP contribution in [0, 0.1) is 16.7 Å². The van der Waals surface area contributed by atoms with Crippen molar-refractivity contribution < 1.29 is 10.2 Å². The zero-order valence-electron chi connectivity index (χ0n) is 12.6. The van der Waals surface area contributed by atoms with Gasteiger partial charge < -0.3 is 15.5 Å². The standard InChI is InChI=1S/C17H25NO2/c1-16(2)12-6-7-17(3,9-12)15(16)18-10-11-4-5-13(19)8-14(11)20/h4-5,8,12,15,18-20H,6-7,9-10H2,1-3H3. The van der Waals surface area contributed by atoms with Crippen LogP contribution in [0.5, 0.6) is 11.5 Å². The smallest absolute Gasteiger partial charge is 0.123 e. The second kappa shape index (κ2) is 4.39. The average Bonchev–Trinajstić information content (AvgIpc) is 2.82. The minimum atomic E-state index is 0.110. The van der Waals surface area contributed by atoms with E-state index < -0.39 is 0 Å². The molecular weight excluding hydrogens is 250 g/mol. The third-order valence-corrected chi connectivity index (χ3v) is 5.84. The number of fused-ring (bicyclic) bond motifs is 2. The number of hydrogen-bond donors (Lipinski definition) is 3. The molecule has 110 valence electrons. The van der Waals surface area contributed by atoms with Gasteiger partial charge in [0.1, 0.15) is 11.5 Å². The van der Waals surface area contributed by atoms with Crippen LogP contribution in [0.2, 0.25) is 0 Å². The molecule has 0 radical (unpaired) electrons. The first-order chi connectivity index (χ1) is 9.33. The van der Waals surface area contributed by atoms with Crippen molar-refractivity contribution in [2.24, 2.45) is 16.7 Å². The van der Waals surface area contributed by atoms with Crippen LogP contribution >= 0.6 is 0 Å². The summed E-state index contributed by atoms with van der Waals surface area (Å²) in [4.78, 5) is 0. The van der Waals surface area contributed by atoms with Crippen molar-refractivity contribution in [3.8, 4) is 11.5 Å². The molecule has 0 spiro atoms. The van der Waals surface area contributed by atoms with Crippen molar-refractivity contribution in [2.45, 2.75) is 52.6 Å². The van der Waals surface area contributed by atoms with Crippen molar-refractivity contribution in [3.05, 3.63) is 23.8 Å². The largest absolute Gasteiger partial charge is 0.508 e. The van der Waals surface area contributed by atoms with Gasteiger partial charge in [-0.1, -0.05) is 26.8 Å². The summed E-state index contributed by atoms with van der Waals surface area (Å²) >= 11 is 0. The van der Waals surface area contributed by atoms with Gasteiger partial charge in [0.15, 0.2) is 0 Å². The molecule has 2 saturated carbocycles. The number of nitrogens with one attached hydrogen (secondary N) is 1. The van der Waals surface area contributed by atoms with Gasteiger partial charge in [-0.15, -0.1) is 0 Å². The molecule has 0 amide bonds. The van der Waals surface area contributed by atoms with E-state index in [2.05, 4.69) is 26.1 Å². The summed E-state index contributed by atoms with van der Waals surface area (Å²) in [6, 6.07) is 5.32. The summed E-state index contributed by atoms with van der Waals surface area (Å²) in [7, 11) is 0. The number of aromatic hydroxyl groups is 2. The molecular formula is C17H25NO2. The number of phenolic OH excluding ortho intramolecular Hbond substituents is 2. The van der Waals surface area contributed by atoms with Gasteiger partial charge in [0.2, 0.25) is 0 Å². The normalized spacial score (nSPS) is 34.5. The molecule has 3 N–H and O–H groups in total. The van der Waals surface area contributed by atoms with Crippen LogP contribution < -0.4 is 5.32 Å². The van der Waals surface area contributed by atoms with Crippen LogP contribution in [0.3, 0.4) is 0 Å². The summed E-state index contributed by atoms with van der Waals surface area (Å²) in [5.74, 6) is 1.10. The van der Waals surface area contributed by atoms with Crippen molar-refractivity contribution in [3.63, 3.8) is 0 Å². The average molecular weight is 275 g/mol. The van der Waals surface area contributed by atoms with E-state index in [-0.39, 0.29) is 11.5 Å². The van der Waals surface area contributed by atoms with Gasteiger partial charge in [-0.25, -0.2) is 0 Å². The van der Waals surface area contributed by atoms with Gasteiger partial charge in [-0.05, 0) is 42.1 Å². The quantitative estimate of drug-likeness (QED) is 0.792. The summed E-state index contributed by atoms with van der Waals surface area (Å²) in [6.07, 6.45) is 3.98. The second-order valence-corrected chi connectivity index (χ2v) is 7.54. The maximum absolute atomic E-state index is 9.89. The molecule has 2 aliphatic carbocycles. The van der Waals surface area contributed by atoms with Gasteiger partial charge in [-0.3, -0.25) is 0 Å². The van der Waals surface area contributed by atoms with Crippen LogP contribution in [0.25, 0.3) is 0 Å². The molecule has 3 nitrogen and oxygen atoms in total. The number of benzene rings is 1. The van der Waals surface area contributed by atoms with Crippen LogP contribution in [0.15, 0.2) is 18.2 Å². The van der Waals surface area contributed by atoms with Crippen LogP contribution in [-0.4, -0.2) is 16.3 Å². The molecule has 0 saturated heterocycles. The van der Waals surface area contributed by atoms with E-state index >= 15 is 0 Å². The Balaban J connectivity index is 1.75. The van der Waals surface area contributed by atoms with Gasteiger partial charge in [-0.2, -0.15) is 0 Å². The van der Waals surface area contributed by atoms with Crippen LogP contribution in [-0.2, 0) is 6.54 Å². The lowest BCUT2D eigenvalue weighted by atomic mass is 9.68. The lowest BCUT2D eigenvalue weighted by molar-refractivity contribution is 0.108. The molecule has 3 unspecified atom stereocenters. The van der Waals surface area contributed by atoms with Crippen molar-refractivity contribution in [1.29, 1.82) is 0 Å². The monoisotopic (exact) mass is 275 g/mol. The molecule has 1 aromatic rings. The fraction of sp³-hybridized carbons (Fsp3) is 0.647. The summed E-state index contributed by atoms with van der Waals surface area (Å²) in [5.41, 5.74) is 1.56. The van der Waals surface area contributed by atoms with Gasteiger partial charge in [0, 0.05) is 24.2 Å². The number of hydrogen-bond acceptors (Lipinski definition) is 3. The Kier molecular flexibility index (Phi) is 3.02. The highest BCUT2D eigenvalue weighted by atomic mass is 16.3. The Morgan fingerprint density at radius 1 is 1.25 bits per heavy atom. The predicted molar refractivity (Wildman–Crippen MR) is 79.6 cm³/mol. The van der Waals surface area contributed by atoms with Gasteiger partial charge in [0.25, 0.3) is 0 Å². The Labute approximate surface area is 121 Å². The molecule has 3 heteroatoms. The molecule has 3 rings (SSSR count).